The van der Waals surface area contributed by atoms with Gasteiger partial charge in [0.2, 0.25) is 0 Å². The highest BCUT2D eigenvalue weighted by atomic mass is 35.5. The van der Waals surface area contributed by atoms with E-state index in [9.17, 15) is 18.3 Å². The van der Waals surface area contributed by atoms with Crippen LogP contribution in [0.15, 0.2) is 83.9 Å². The van der Waals surface area contributed by atoms with Gasteiger partial charge in [-0.1, -0.05) is 29.8 Å². The molecule has 0 radical (unpaired) electrons. The standard InChI is InChI=1S/C28H27ClN4O4S/c29-23-9-12-25(34)22(18-23)19-32-14-3-15-33(17-16-32)28(35)21-7-10-24(11-8-21)31-38(36,37)26-6-1-4-20-5-2-13-30-27(20)26/h1-2,4-13,18,31,34H,3,14-17,19H2. The van der Waals surface area contributed by atoms with Crippen molar-refractivity contribution in [2.75, 3.05) is 30.9 Å². The maximum Gasteiger partial charge on any atom is 0.264 e. The zero-order valence-corrected chi connectivity index (χ0v) is 22.1. The van der Waals surface area contributed by atoms with E-state index < -0.39 is 10.0 Å². The van der Waals surface area contributed by atoms with Crippen LogP contribution in [0.3, 0.4) is 0 Å². The van der Waals surface area contributed by atoms with E-state index in [0.717, 1.165) is 23.9 Å². The fraction of sp³-hybridized carbons (Fsp3) is 0.214. The number of phenols is 1. The number of pyridine rings is 1. The van der Waals surface area contributed by atoms with E-state index in [1.807, 2.05) is 12.1 Å². The number of carbonyl (C=O) groups excluding carboxylic acids is 1. The van der Waals surface area contributed by atoms with Crippen LogP contribution in [0.4, 0.5) is 5.69 Å². The summed E-state index contributed by atoms with van der Waals surface area (Å²) in [7, 11) is -3.88. The molecule has 10 heteroatoms. The fourth-order valence-electron chi connectivity index (χ4n) is 4.62. The predicted octanol–water partition coefficient (Wildman–Crippen LogP) is 4.74. The molecule has 0 spiro atoms. The Labute approximate surface area is 226 Å². The molecule has 0 aliphatic carbocycles. The van der Waals surface area contributed by atoms with Crippen molar-refractivity contribution in [2.24, 2.45) is 0 Å². The summed E-state index contributed by atoms with van der Waals surface area (Å²) >= 11 is 6.08. The van der Waals surface area contributed by atoms with Crippen molar-refractivity contribution >= 4 is 44.1 Å². The summed E-state index contributed by atoms with van der Waals surface area (Å²) in [4.78, 5) is 21.5. The number of halogens is 1. The predicted molar refractivity (Wildman–Crippen MR) is 148 cm³/mol. The highest BCUT2D eigenvalue weighted by Crippen LogP contribution is 2.25. The number of hydrogen-bond donors (Lipinski definition) is 2. The Kier molecular flexibility index (Phi) is 7.51. The van der Waals surface area contributed by atoms with Crippen LogP contribution >= 0.6 is 11.6 Å². The Morgan fingerprint density at radius 1 is 0.974 bits per heavy atom. The summed E-state index contributed by atoms with van der Waals surface area (Å²) < 4.78 is 28.7. The number of nitrogens with one attached hydrogen (secondary N) is 1. The molecule has 8 nitrogen and oxygen atoms in total. The van der Waals surface area contributed by atoms with Gasteiger partial charge in [-0.15, -0.1) is 0 Å². The third-order valence-electron chi connectivity index (χ3n) is 6.58. The first-order valence-electron chi connectivity index (χ1n) is 12.3. The lowest BCUT2D eigenvalue weighted by Crippen LogP contribution is -2.35. The van der Waals surface area contributed by atoms with Crippen molar-refractivity contribution in [1.82, 2.24) is 14.8 Å². The largest absolute Gasteiger partial charge is 0.508 e. The molecule has 3 aromatic carbocycles. The zero-order chi connectivity index (χ0) is 26.7. The maximum atomic E-state index is 13.2. The van der Waals surface area contributed by atoms with E-state index in [2.05, 4.69) is 14.6 Å². The third-order valence-corrected chi connectivity index (χ3v) is 8.23. The second-order valence-electron chi connectivity index (χ2n) is 9.21. The second kappa shape index (κ2) is 11.0. The summed E-state index contributed by atoms with van der Waals surface area (Å²) in [6.45, 7) is 3.16. The lowest BCUT2D eigenvalue weighted by atomic mass is 10.2. The lowest BCUT2D eigenvalue weighted by Gasteiger charge is -2.22. The van der Waals surface area contributed by atoms with Crippen molar-refractivity contribution in [3.8, 4) is 5.75 Å². The van der Waals surface area contributed by atoms with Crippen molar-refractivity contribution in [1.29, 1.82) is 0 Å². The van der Waals surface area contributed by atoms with Gasteiger partial charge in [0.1, 0.15) is 10.6 Å². The number of benzene rings is 3. The minimum absolute atomic E-state index is 0.0935. The number of aromatic nitrogens is 1. The van der Waals surface area contributed by atoms with E-state index in [0.29, 0.717) is 48.0 Å². The minimum atomic E-state index is -3.88. The van der Waals surface area contributed by atoms with Gasteiger partial charge in [-0.05, 0) is 61.0 Å². The molecular formula is C28H27ClN4O4S. The molecule has 1 aromatic heterocycles. The van der Waals surface area contributed by atoms with Gasteiger partial charge >= 0.3 is 0 Å². The van der Waals surface area contributed by atoms with E-state index in [-0.39, 0.29) is 16.6 Å². The number of rotatable bonds is 6. The maximum absolute atomic E-state index is 13.2. The summed E-state index contributed by atoms with van der Waals surface area (Å²) in [6.07, 6.45) is 2.36. The first-order valence-corrected chi connectivity index (χ1v) is 14.1. The van der Waals surface area contributed by atoms with E-state index in [1.165, 1.54) is 6.07 Å². The molecule has 0 unspecified atom stereocenters. The minimum Gasteiger partial charge on any atom is -0.508 e. The van der Waals surface area contributed by atoms with Crippen LogP contribution in [0.2, 0.25) is 5.02 Å². The SMILES string of the molecule is O=C(c1ccc(NS(=O)(=O)c2cccc3cccnc23)cc1)N1CCCN(Cc2cc(Cl)ccc2O)CC1. The number of hydrogen-bond acceptors (Lipinski definition) is 6. The molecule has 1 aliphatic rings. The van der Waals surface area contributed by atoms with Gasteiger partial charge in [0.25, 0.3) is 15.9 Å². The number of phenolic OH excluding ortho intramolecular Hbond substituents is 1. The lowest BCUT2D eigenvalue weighted by molar-refractivity contribution is 0.0761. The van der Waals surface area contributed by atoms with Crippen molar-refractivity contribution in [3.63, 3.8) is 0 Å². The van der Waals surface area contributed by atoms with Crippen LogP contribution < -0.4 is 4.72 Å². The van der Waals surface area contributed by atoms with Gasteiger partial charge in [0.05, 0.1) is 5.52 Å². The number of aromatic hydroxyl groups is 1. The molecule has 1 aliphatic heterocycles. The highest BCUT2D eigenvalue weighted by Gasteiger charge is 2.22. The van der Waals surface area contributed by atoms with Gasteiger partial charge in [-0.2, -0.15) is 0 Å². The Morgan fingerprint density at radius 2 is 1.76 bits per heavy atom. The molecule has 2 N–H and O–H groups in total. The van der Waals surface area contributed by atoms with Gasteiger partial charge < -0.3 is 10.0 Å². The number of sulfonamides is 1. The van der Waals surface area contributed by atoms with Crippen LogP contribution in [-0.2, 0) is 16.6 Å². The Morgan fingerprint density at radius 3 is 2.58 bits per heavy atom. The monoisotopic (exact) mass is 550 g/mol. The molecule has 0 saturated carbocycles. The van der Waals surface area contributed by atoms with Crippen molar-refractivity contribution in [3.05, 3.63) is 95.1 Å². The summed E-state index contributed by atoms with van der Waals surface area (Å²) in [5.74, 6) is 0.101. The third kappa shape index (κ3) is 5.75. The van der Waals surface area contributed by atoms with Crippen LogP contribution in [0.1, 0.15) is 22.3 Å². The molecular weight excluding hydrogens is 524 g/mol. The molecule has 196 valence electrons. The summed E-state index contributed by atoms with van der Waals surface area (Å²) in [5, 5.41) is 11.4. The number of nitrogens with zero attached hydrogens (tertiary/aromatic N) is 3. The summed E-state index contributed by atoms with van der Waals surface area (Å²) in [5.41, 5.74) is 2.00. The van der Waals surface area contributed by atoms with Crippen LogP contribution in [0, 0.1) is 0 Å². The quantitative estimate of drug-likeness (QED) is 0.359. The van der Waals surface area contributed by atoms with E-state index in [4.69, 9.17) is 11.6 Å². The Balaban J connectivity index is 1.23. The van der Waals surface area contributed by atoms with Gasteiger partial charge in [-0.3, -0.25) is 19.4 Å². The van der Waals surface area contributed by atoms with Gasteiger partial charge in [0, 0.05) is 66.1 Å². The number of amides is 1. The fourth-order valence-corrected chi connectivity index (χ4v) is 6.05. The van der Waals surface area contributed by atoms with Gasteiger partial charge in [0.15, 0.2) is 0 Å². The van der Waals surface area contributed by atoms with E-state index in [1.54, 1.807) is 65.7 Å². The van der Waals surface area contributed by atoms with Crippen LogP contribution in [-0.4, -0.2) is 60.4 Å². The number of fused-ring (bicyclic) bond motifs is 1. The topological polar surface area (TPSA) is 103 Å². The van der Waals surface area contributed by atoms with Crippen LogP contribution in [0.25, 0.3) is 10.9 Å². The normalized spacial score (nSPS) is 14.8. The molecule has 0 atom stereocenters. The molecule has 38 heavy (non-hydrogen) atoms. The summed E-state index contributed by atoms with van der Waals surface area (Å²) in [6, 6.07) is 20.0. The molecule has 4 aromatic rings. The first-order chi connectivity index (χ1) is 18.3. The van der Waals surface area contributed by atoms with E-state index >= 15 is 0 Å². The smallest absolute Gasteiger partial charge is 0.264 e. The Hall–Kier alpha value is -3.66. The Bertz CT molecular complexity index is 1570. The average molecular weight is 551 g/mol. The molecule has 1 amide bonds. The molecule has 1 fully saturated rings. The highest BCUT2D eigenvalue weighted by molar-refractivity contribution is 7.93. The second-order valence-corrected chi connectivity index (χ2v) is 11.3. The average Bonchev–Trinajstić information content (AvgIpc) is 3.16. The number of para-hydroxylation sites is 1. The van der Waals surface area contributed by atoms with Gasteiger partial charge in [-0.25, -0.2) is 8.42 Å². The molecule has 5 rings (SSSR count). The number of anilines is 1. The molecule has 0 bridgehead atoms. The molecule has 1 saturated heterocycles. The zero-order valence-electron chi connectivity index (χ0n) is 20.5. The van der Waals surface area contributed by atoms with Crippen molar-refractivity contribution in [2.45, 2.75) is 17.9 Å². The first kappa shape index (κ1) is 26.0. The molecule has 2 heterocycles. The number of carbonyl (C=O) groups is 1. The van der Waals surface area contributed by atoms with Crippen LogP contribution in [0.5, 0.6) is 5.75 Å². The van der Waals surface area contributed by atoms with Crippen molar-refractivity contribution < 1.29 is 18.3 Å².